The second-order valence-corrected chi connectivity index (χ2v) is 5.60. The van der Waals surface area contributed by atoms with Crippen LogP contribution < -0.4 is 16.4 Å². The van der Waals surface area contributed by atoms with Gasteiger partial charge in [-0.3, -0.25) is 9.59 Å². The second-order valence-electron chi connectivity index (χ2n) is 4.61. The van der Waals surface area contributed by atoms with Gasteiger partial charge >= 0.3 is 0 Å². The van der Waals surface area contributed by atoms with Crippen molar-refractivity contribution < 1.29 is 9.59 Å². The Bertz CT molecular complexity index is 448. The van der Waals surface area contributed by atoms with E-state index >= 15 is 0 Å². The van der Waals surface area contributed by atoms with Crippen molar-refractivity contribution in [2.45, 2.75) is 19.9 Å². The number of benzene rings is 1. The van der Waals surface area contributed by atoms with E-state index < -0.39 is 0 Å². The summed E-state index contributed by atoms with van der Waals surface area (Å²) in [5, 5.41) is 5.53. The Kier molecular flexibility index (Phi) is 7.11. The summed E-state index contributed by atoms with van der Waals surface area (Å²) in [5.74, 6) is 0.291. The van der Waals surface area contributed by atoms with Gasteiger partial charge in [0.2, 0.25) is 11.8 Å². The van der Waals surface area contributed by atoms with Crippen LogP contribution in [0.1, 0.15) is 12.5 Å². The van der Waals surface area contributed by atoms with Crippen molar-refractivity contribution in [3.8, 4) is 0 Å². The number of hydrogen-bond acceptors (Lipinski definition) is 4. The molecule has 0 fully saturated rings. The number of nitrogens with one attached hydrogen (secondary N) is 2. The molecule has 0 unspecified atom stereocenters. The van der Waals surface area contributed by atoms with Crippen molar-refractivity contribution in [1.82, 2.24) is 5.32 Å². The van der Waals surface area contributed by atoms with Crippen LogP contribution in [0.25, 0.3) is 0 Å². The van der Waals surface area contributed by atoms with Gasteiger partial charge in [-0.1, -0.05) is 17.7 Å². The first kappa shape index (κ1) is 16.5. The lowest BCUT2D eigenvalue weighted by atomic mass is 10.2. The molecule has 0 spiro atoms. The summed E-state index contributed by atoms with van der Waals surface area (Å²) in [7, 11) is 0. The van der Waals surface area contributed by atoms with Crippen LogP contribution in [-0.2, 0) is 9.59 Å². The number of thioether (sulfide) groups is 1. The largest absolute Gasteiger partial charge is 0.352 e. The summed E-state index contributed by atoms with van der Waals surface area (Å²) >= 11 is 1.28. The maximum atomic E-state index is 11.7. The highest BCUT2D eigenvalue weighted by molar-refractivity contribution is 8.00. The van der Waals surface area contributed by atoms with Gasteiger partial charge in [0.15, 0.2) is 0 Å². The topological polar surface area (TPSA) is 84.2 Å². The fourth-order valence-corrected chi connectivity index (χ4v) is 2.07. The minimum absolute atomic E-state index is 0.0375. The van der Waals surface area contributed by atoms with Gasteiger partial charge in [-0.15, -0.1) is 11.8 Å². The Labute approximate surface area is 123 Å². The molecule has 0 aromatic heterocycles. The predicted octanol–water partition coefficient (Wildman–Crippen LogP) is 1.13. The van der Waals surface area contributed by atoms with Gasteiger partial charge in [-0.25, -0.2) is 0 Å². The summed E-state index contributed by atoms with van der Waals surface area (Å²) in [6, 6.07) is 7.54. The highest BCUT2D eigenvalue weighted by Gasteiger charge is 2.08. The standard InChI is InChI=1S/C14H21N3O2S/c1-10-3-5-12(6-4-10)17-14(19)9-20-8-13(18)16-11(2)7-15/h3-6,11H,7-9,15H2,1-2H3,(H,16,18)(H,17,19)/t11-/m0/s1. The number of amides is 2. The molecule has 5 nitrogen and oxygen atoms in total. The zero-order chi connectivity index (χ0) is 15.0. The second kappa shape index (κ2) is 8.60. The highest BCUT2D eigenvalue weighted by atomic mass is 32.2. The molecule has 1 rings (SSSR count). The van der Waals surface area contributed by atoms with E-state index in [0.29, 0.717) is 6.54 Å². The zero-order valence-corrected chi connectivity index (χ0v) is 12.6. The lowest BCUT2D eigenvalue weighted by Crippen LogP contribution is -2.38. The van der Waals surface area contributed by atoms with Crippen molar-refractivity contribution in [1.29, 1.82) is 0 Å². The van der Waals surface area contributed by atoms with E-state index in [4.69, 9.17) is 5.73 Å². The number of hydrogen-bond donors (Lipinski definition) is 3. The van der Waals surface area contributed by atoms with E-state index in [0.717, 1.165) is 11.3 Å². The van der Waals surface area contributed by atoms with Crippen LogP contribution in [0.2, 0.25) is 0 Å². The molecule has 6 heteroatoms. The van der Waals surface area contributed by atoms with Crippen LogP contribution >= 0.6 is 11.8 Å². The first-order valence-corrected chi connectivity index (χ1v) is 7.60. The lowest BCUT2D eigenvalue weighted by molar-refractivity contribution is -0.119. The number of carbonyl (C=O) groups excluding carboxylic acids is 2. The normalized spacial score (nSPS) is 11.8. The average molecular weight is 295 g/mol. The van der Waals surface area contributed by atoms with Gasteiger partial charge in [-0.2, -0.15) is 0 Å². The SMILES string of the molecule is Cc1ccc(NC(=O)CSCC(=O)N[C@@H](C)CN)cc1. The highest BCUT2D eigenvalue weighted by Crippen LogP contribution is 2.09. The molecule has 0 saturated carbocycles. The Balaban J connectivity index is 2.23. The molecule has 2 amide bonds. The van der Waals surface area contributed by atoms with Crippen molar-refractivity contribution in [2.24, 2.45) is 5.73 Å². The fourth-order valence-electron chi connectivity index (χ4n) is 1.45. The number of nitrogens with two attached hydrogens (primary N) is 1. The summed E-state index contributed by atoms with van der Waals surface area (Å²) in [5.41, 5.74) is 7.32. The molecule has 0 radical (unpaired) electrons. The van der Waals surface area contributed by atoms with E-state index in [1.807, 2.05) is 38.1 Å². The fraction of sp³-hybridized carbons (Fsp3) is 0.429. The lowest BCUT2D eigenvalue weighted by Gasteiger charge is -2.10. The maximum absolute atomic E-state index is 11.7. The average Bonchev–Trinajstić information content (AvgIpc) is 2.41. The predicted molar refractivity (Wildman–Crippen MR) is 83.8 cm³/mol. The van der Waals surface area contributed by atoms with Crippen LogP contribution in [0, 0.1) is 6.92 Å². The molecule has 0 aliphatic rings. The molecule has 0 bridgehead atoms. The Morgan fingerprint density at radius 1 is 1.20 bits per heavy atom. The van der Waals surface area contributed by atoms with Crippen LogP contribution in [0.3, 0.4) is 0 Å². The summed E-state index contributed by atoms with van der Waals surface area (Å²) < 4.78 is 0. The van der Waals surface area contributed by atoms with Crippen molar-refractivity contribution in [3.63, 3.8) is 0 Å². The van der Waals surface area contributed by atoms with Crippen LogP contribution in [0.5, 0.6) is 0 Å². The Morgan fingerprint density at radius 2 is 1.80 bits per heavy atom. The number of rotatable bonds is 7. The van der Waals surface area contributed by atoms with E-state index in [1.165, 1.54) is 11.8 Å². The molecule has 20 heavy (non-hydrogen) atoms. The maximum Gasteiger partial charge on any atom is 0.234 e. The van der Waals surface area contributed by atoms with Gasteiger partial charge in [0.1, 0.15) is 0 Å². The monoisotopic (exact) mass is 295 g/mol. The van der Waals surface area contributed by atoms with Crippen LogP contribution in [0.4, 0.5) is 5.69 Å². The molecule has 0 aliphatic carbocycles. The quantitative estimate of drug-likeness (QED) is 0.704. The molecular weight excluding hydrogens is 274 g/mol. The minimum atomic E-state index is -0.112. The van der Waals surface area contributed by atoms with Crippen LogP contribution in [-0.4, -0.2) is 35.9 Å². The number of anilines is 1. The van der Waals surface area contributed by atoms with E-state index in [2.05, 4.69) is 10.6 Å². The van der Waals surface area contributed by atoms with E-state index in [1.54, 1.807) is 0 Å². The first-order valence-electron chi connectivity index (χ1n) is 6.45. The third-order valence-electron chi connectivity index (χ3n) is 2.56. The summed E-state index contributed by atoms with van der Waals surface area (Å²) in [4.78, 5) is 23.1. The molecule has 4 N–H and O–H groups in total. The van der Waals surface area contributed by atoms with Gasteiger partial charge in [0, 0.05) is 18.3 Å². The molecule has 1 atom stereocenters. The molecule has 110 valence electrons. The van der Waals surface area contributed by atoms with Crippen molar-refractivity contribution in [2.75, 3.05) is 23.4 Å². The zero-order valence-electron chi connectivity index (χ0n) is 11.8. The Hall–Kier alpha value is -1.53. The number of aryl methyl sites for hydroxylation is 1. The minimum Gasteiger partial charge on any atom is -0.352 e. The number of carbonyl (C=O) groups is 2. The Morgan fingerprint density at radius 3 is 2.40 bits per heavy atom. The van der Waals surface area contributed by atoms with Crippen molar-refractivity contribution in [3.05, 3.63) is 29.8 Å². The van der Waals surface area contributed by atoms with Gasteiger partial charge in [0.25, 0.3) is 0 Å². The molecule has 1 aromatic carbocycles. The van der Waals surface area contributed by atoms with Gasteiger partial charge in [0.05, 0.1) is 11.5 Å². The van der Waals surface area contributed by atoms with Crippen LogP contribution in [0.15, 0.2) is 24.3 Å². The summed E-state index contributed by atoms with van der Waals surface area (Å²) in [6.45, 7) is 4.24. The van der Waals surface area contributed by atoms with E-state index in [-0.39, 0.29) is 29.4 Å². The smallest absolute Gasteiger partial charge is 0.234 e. The van der Waals surface area contributed by atoms with Gasteiger partial charge in [-0.05, 0) is 26.0 Å². The molecule has 1 aromatic rings. The van der Waals surface area contributed by atoms with Gasteiger partial charge < -0.3 is 16.4 Å². The first-order chi connectivity index (χ1) is 9.51. The molecule has 0 aliphatic heterocycles. The molecule has 0 saturated heterocycles. The van der Waals surface area contributed by atoms with E-state index in [9.17, 15) is 9.59 Å². The molecule has 0 heterocycles. The van der Waals surface area contributed by atoms with Crippen molar-refractivity contribution >= 4 is 29.3 Å². The summed E-state index contributed by atoms with van der Waals surface area (Å²) in [6.07, 6.45) is 0. The molecular formula is C14H21N3O2S. The third kappa shape index (κ3) is 6.58. The third-order valence-corrected chi connectivity index (χ3v) is 3.50.